The Labute approximate surface area is 94.2 Å². The van der Waals surface area contributed by atoms with E-state index in [0.717, 1.165) is 11.3 Å². The van der Waals surface area contributed by atoms with Crippen molar-refractivity contribution in [3.05, 3.63) is 22.2 Å². The van der Waals surface area contributed by atoms with Crippen LogP contribution in [0.25, 0.3) is 0 Å². The van der Waals surface area contributed by atoms with Gasteiger partial charge in [0, 0.05) is 12.2 Å². The predicted molar refractivity (Wildman–Crippen MR) is 57.4 cm³/mol. The Bertz CT molecular complexity index is 334. The third-order valence-electron chi connectivity index (χ3n) is 1.38. The SMILES string of the molecule is C/C(F)=C(/F)CCSc1ncc(Cl)s1. The molecule has 0 bridgehead atoms. The van der Waals surface area contributed by atoms with Crippen molar-refractivity contribution >= 4 is 34.7 Å². The molecular formula is C8H8ClF2NS2. The van der Waals surface area contributed by atoms with E-state index in [2.05, 4.69) is 4.98 Å². The largest absolute Gasteiger partial charge is 0.237 e. The van der Waals surface area contributed by atoms with Crippen LogP contribution >= 0.6 is 34.7 Å². The lowest BCUT2D eigenvalue weighted by Gasteiger charge is -1.96. The van der Waals surface area contributed by atoms with Gasteiger partial charge in [-0.15, -0.1) is 0 Å². The number of halogens is 3. The zero-order chi connectivity index (χ0) is 10.6. The first-order valence-corrected chi connectivity index (χ1v) is 6.02. The summed E-state index contributed by atoms with van der Waals surface area (Å²) in [5.41, 5.74) is 0. The highest BCUT2D eigenvalue weighted by molar-refractivity contribution is 8.01. The number of thiazole rings is 1. The lowest BCUT2D eigenvalue weighted by atomic mass is 10.4. The van der Waals surface area contributed by atoms with Crippen molar-refractivity contribution in [3.63, 3.8) is 0 Å². The van der Waals surface area contributed by atoms with Crippen molar-refractivity contribution in [1.82, 2.24) is 4.98 Å². The average molecular weight is 256 g/mol. The first-order valence-electron chi connectivity index (χ1n) is 3.84. The van der Waals surface area contributed by atoms with Crippen LogP contribution in [-0.2, 0) is 0 Å². The topological polar surface area (TPSA) is 12.9 Å². The Kier molecular flexibility index (Phi) is 4.84. The van der Waals surface area contributed by atoms with E-state index in [4.69, 9.17) is 11.6 Å². The monoisotopic (exact) mass is 255 g/mol. The van der Waals surface area contributed by atoms with Crippen LogP contribution in [0.1, 0.15) is 13.3 Å². The third kappa shape index (κ3) is 3.94. The molecular weight excluding hydrogens is 248 g/mol. The molecule has 0 spiro atoms. The van der Waals surface area contributed by atoms with Gasteiger partial charge in [-0.1, -0.05) is 34.7 Å². The average Bonchev–Trinajstić information content (AvgIpc) is 2.51. The number of nitrogens with zero attached hydrogens (tertiary/aromatic N) is 1. The fourth-order valence-electron chi connectivity index (χ4n) is 0.706. The number of thioether (sulfide) groups is 1. The number of rotatable bonds is 4. The summed E-state index contributed by atoms with van der Waals surface area (Å²) in [6, 6.07) is 0. The molecule has 0 fully saturated rings. The quantitative estimate of drug-likeness (QED) is 0.738. The molecule has 0 amide bonds. The van der Waals surface area contributed by atoms with E-state index in [1.165, 1.54) is 23.1 Å². The van der Waals surface area contributed by atoms with Crippen molar-refractivity contribution in [2.24, 2.45) is 0 Å². The summed E-state index contributed by atoms with van der Waals surface area (Å²) in [6.07, 6.45) is 1.63. The van der Waals surface area contributed by atoms with Crippen molar-refractivity contribution in [2.45, 2.75) is 17.7 Å². The molecule has 6 heteroatoms. The summed E-state index contributed by atoms with van der Waals surface area (Å²) < 4.78 is 26.3. The molecule has 0 atom stereocenters. The Morgan fingerprint density at radius 3 is 2.86 bits per heavy atom. The minimum absolute atomic E-state index is 0.0875. The van der Waals surface area contributed by atoms with Crippen LogP contribution in [0, 0.1) is 0 Å². The maximum atomic E-state index is 12.7. The molecule has 0 saturated carbocycles. The summed E-state index contributed by atoms with van der Waals surface area (Å²) >= 11 is 8.35. The molecule has 1 aromatic rings. The summed E-state index contributed by atoms with van der Waals surface area (Å²) in [5, 5.41) is 0. The van der Waals surface area contributed by atoms with Gasteiger partial charge < -0.3 is 0 Å². The fraction of sp³-hybridized carbons (Fsp3) is 0.375. The van der Waals surface area contributed by atoms with Crippen LogP contribution in [-0.4, -0.2) is 10.7 Å². The molecule has 0 unspecified atom stereocenters. The second-order valence-electron chi connectivity index (χ2n) is 2.47. The number of hydrogen-bond donors (Lipinski definition) is 0. The van der Waals surface area contributed by atoms with Gasteiger partial charge in [0.1, 0.15) is 16.0 Å². The van der Waals surface area contributed by atoms with Crippen molar-refractivity contribution in [1.29, 1.82) is 0 Å². The van der Waals surface area contributed by atoms with E-state index in [-0.39, 0.29) is 6.42 Å². The smallest absolute Gasteiger partial charge is 0.151 e. The van der Waals surface area contributed by atoms with Crippen LogP contribution in [0.4, 0.5) is 8.78 Å². The van der Waals surface area contributed by atoms with Gasteiger partial charge in [0.2, 0.25) is 0 Å². The van der Waals surface area contributed by atoms with E-state index in [1.54, 1.807) is 6.20 Å². The molecule has 0 saturated heterocycles. The zero-order valence-corrected chi connectivity index (χ0v) is 9.78. The standard InChI is InChI=1S/C8H8ClF2NS2/c1-5(10)6(11)2-3-13-8-12-4-7(9)14-8/h4H,2-3H2,1H3/b6-5-. The van der Waals surface area contributed by atoms with E-state index in [0.29, 0.717) is 10.1 Å². The molecule has 1 aromatic heterocycles. The summed E-state index contributed by atoms with van der Waals surface area (Å²) in [7, 11) is 0. The maximum absolute atomic E-state index is 12.7. The number of allylic oxidation sites excluding steroid dienone is 2. The second-order valence-corrected chi connectivity index (χ2v) is 5.47. The second kappa shape index (κ2) is 5.68. The van der Waals surface area contributed by atoms with Gasteiger partial charge in [-0.25, -0.2) is 13.8 Å². The molecule has 1 rings (SSSR count). The van der Waals surface area contributed by atoms with Crippen LogP contribution in [0.3, 0.4) is 0 Å². The summed E-state index contributed by atoms with van der Waals surface area (Å²) in [4.78, 5) is 3.97. The molecule has 0 radical (unpaired) electrons. The molecule has 0 aliphatic carbocycles. The van der Waals surface area contributed by atoms with Crippen LogP contribution < -0.4 is 0 Å². The van der Waals surface area contributed by atoms with E-state index in [9.17, 15) is 8.78 Å². The zero-order valence-electron chi connectivity index (χ0n) is 7.39. The van der Waals surface area contributed by atoms with Crippen LogP contribution in [0.5, 0.6) is 0 Å². The van der Waals surface area contributed by atoms with Gasteiger partial charge in [0.05, 0.1) is 6.20 Å². The molecule has 0 aromatic carbocycles. The first-order chi connectivity index (χ1) is 6.59. The van der Waals surface area contributed by atoms with Gasteiger partial charge in [-0.2, -0.15) is 0 Å². The van der Waals surface area contributed by atoms with Gasteiger partial charge in [0.25, 0.3) is 0 Å². The Morgan fingerprint density at radius 1 is 1.64 bits per heavy atom. The highest BCUT2D eigenvalue weighted by atomic mass is 35.5. The maximum Gasteiger partial charge on any atom is 0.151 e. The van der Waals surface area contributed by atoms with Gasteiger partial charge >= 0.3 is 0 Å². The molecule has 78 valence electrons. The summed E-state index contributed by atoms with van der Waals surface area (Å²) in [6.45, 7) is 1.11. The van der Waals surface area contributed by atoms with Gasteiger partial charge in [-0.05, 0) is 6.92 Å². The molecule has 0 aliphatic rings. The van der Waals surface area contributed by atoms with E-state index < -0.39 is 11.7 Å². The Morgan fingerprint density at radius 2 is 2.36 bits per heavy atom. The minimum atomic E-state index is -0.747. The lowest BCUT2D eigenvalue weighted by Crippen LogP contribution is -1.82. The normalized spacial score (nSPS) is 12.9. The highest BCUT2D eigenvalue weighted by Crippen LogP contribution is 2.28. The van der Waals surface area contributed by atoms with E-state index >= 15 is 0 Å². The van der Waals surface area contributed by atoms with Gasteiger partial charge in [-0.3, -0.25) is 0 Å². The highest BCUT2D eigenvalue weighted by Gasteiger charge is 2.04. The van der Waals surface area contributed by atoms with E-state index in [1.807, 2.05) is 0 Å². The van der Waals surface area contributed by atoms with Crippen LogP contribution in [0.15, 0.2) is 22.2 Å². The molecule has 0 aliphatic heterocycles. The Hall–Kier alpha value is -0.130. The summed E-state index contributed by atoms with van der Waals surface area (Å²) in [5.74, 6) is -0.973. The first kappa shape index (κ1) is 11.9. The molecule has 1 heterocycles. The molecule has 0 N–H and O–H groups in total. The predicted octanol–water partition coefficient (Wildman–Crippen LogP) is 4.45. The third-order valence-corrected chi connectivity index (χ3v) is 3.65. The van der Waals surface area contributed by atoms with Crippen LogP contribution in [0.2, 0.25) is 4.34 Å². The van der Waals surface area contributed by atoms with Crippen molar-refractivity contribution < 1.29 is 8.78 Å². The lowest BCUT2D eigenvalue weighted by molar-refractivity contribution is 0.519. The van der Waals surface area contributed by atoms with Crippen molar-refractivity contribution in [3.8, 4) is 0 Å². The minimum Gasteiger partial charge on any atom is -0.237 e. The van der Waals surface area contributed by atoms with Crippen molar-refractivity contribution in [2.75, 3.05) is 5.75 Å². The molecule has 1 nitrogen and oxygen atoms in total. The number of aromatic nitrogens is 1. The molecule has 14 heavy (non-hydrogen) atoms. The Balaban J connectivity index is 2.32. The van der Waals surface area contributed by atoms with Gasteiger partial charge in [0.15, 0.2) is 4.34 Å². The number of hydrogen-bond acceptors (Lipinski definition) is 3. The fourth-order valence-corrected chi connectivity index (χ4v) is 2.83.